The van der Waals surface area contributed by atoms with Crippen molar-refractivity contribution in [1.29, 1.82) is 0 Å². The summed E-state index contributed by atoms with van der Waals surface area (Å²) in [6.07, 6.45) is -9.40. The summed E-state index contributed by atoms with van der Waals surface area (Å²) in [4.78, 5) is 0. The largest absolute Gasteiger partial charge is 0.394 e. The number of rotatable bonds is 8. The molecular weight excluding hydrogens is 680 g/mol. The SMILES string of the molecule is CC(C)CC1(O)OC2C([C@@H]1C)[C@@]1(C)CCC3C(CC[C@@H]4CC(O[C@@H]5O[C@H](CO)[C@H](O)[C@H](O)[C@H]5O[C@@H]5O[C@H](CO)[C@@H](O)[C@H](O)[C@H]5O)CC[C@]34C)C1[C@H]2O. The van der Waals surface area contributed by atoms with E-state index in [1.54, 1.807) is 0 Å². The van der Waals surface area contributed by atoms with Gasteiger partial charge in [-0.25, -0.2) is 0 Å². The molecule has 0 aromatic heterocycles. The molecular formula is C38H64O14. The van der Waals surface area contributed by atoms with E-state index in [2.05, 4.69) is 34.6 Å². The smallest absolute Gasteiger partial charge is 0.187 e. The van der Waals surface area contributed by atoms with Gasteiger partial charge < -0.3 is 69.6 Å². The second-order valence-electron chi connectivity index (χ2n) is 18.5. The van der Waals surface area contributed by atoms with Gasteiger partial charge in [-0.2, -0.15) is 0 Å². The van der Waals surface area contributed by atoms with Gasteiger partial charge in [-0.05, 0) is 85.4 Å². The molecule has 4 aliphatic carbocycles. The van der Waals surface area contributed by atoms with Gasteiger partial charge >= 0.3 is 0 Å². The first-order chi connectivity index (χ1) is 24.5. The summed E-state index contributed by atoms with van der Waals surface area (Å²) in [5, 5.41) is 96.1. The molecule has 22 atom stereocenters. The Morgan fingerprint density at radius 1 is 0.712 bits per heavy atom. The Hall–Kier alpha value is -0.560. The van der Waals surface area contributed by atoms with Gasteiger partial charge in [0.1, 0.15) is 48.8 Å². The van der Waals surface area contributed by atoms with Crippen LogP contribution in [0.15, 0.2) is 0 Å². The van der Waals surface area contributed by atoms with Gasteiger partial charge in [0, 0.05) is 18.3 Å². The molecule has 0 aromatic carbocycles. The third kappa shape index (κ3) is 6.23. The fourth-order valence-electron chi connectivity index (χ4n) is 12.7. The molecule has 14 nitrogen and oxygen atoms in total. The topological polar surface area (TPSA) is 228 Å². The Labute approximate surface area is 306 Å². The summed E-state index contributed by atoms with van der Waals surface area (Å²) in [6, 6.07) is 0. The van der Waals surface area contributed by atoms with Crippen LogP contribution in [0.3, 0.4) is 0 Å². The standard InChI is InChI=1S/C38H64O14/c1-16(2)13-38(47)17(3)24-32(52-38)28(43)25-20-7-6-18-12-19(8-10-36(18,4)21(20)9-11-37(24,25)5)48-35-33(30(45)27(42)23(15-40)50-35)51-34-31(46)29(44)26(41)22(14-39)49-34/h16-35,39-47H,6-15H2,1-5H3/t17-,18+,19?,20?,21?,22+,23+,24?,25?,26+,27-,28+,29-,30-,31+,32?,33+,34-,35+,36-,37+,38?/m0/s1. The molecule has 0 spiro atoms. The van der Waals surface area contributed by atoms with Crippen molar-refractivity contribution in [3.05, 3.63) is 0 Å². The highest BCUT2D eigenvalue weighted by molar-refractivity contribution is 5.18. The molecule has 0 bridgehead atoms. The lowest BCUT2D eigenvalue weighted by molar-refractivity contribution is -0.373. The van der Waals surface area contributed by atoms with Crippen LogP contribution in [0.5, 0.6) is 0 Å². The van der Waals surface area contributed by atoms with Crippen LogP contribution in [-0.2, 0) is 23.7 Å². The van der Waals surface area contributed by atoms with Gasteiger partial charge in [0.2, 0.25) is 0 Å². The average Bonchev–Trinajstić information content (AvgIpc) is 3.49. The highest BCUT2D eigenvalue weighted by Crippen LogP contribution is 2.71. The number of aliphatic hydroxyl groups excluding tert-OH is 8. The van der Waals surface area contributed by atoms with Crippen molar-refractivity contribution in [3.8, 4) is 0 Å². The normalized spacial score (nSPS) is 57.6. The summed E-state index contributed by atoms with van der Waals surface area (Å²) in [7, 11) is 0. The van der Waals surface area contributed by atoms with Gasteiger partial charge in [-0.1, -0.05) is 34.6 Å². The molecule has 3 heterocycles. The molecule has 52 heavy (non-hydrogen) atoms. The van der Waals surface area contributed by atoms with E-state index in [4.69, 9.17) is 23.7 Å². The fraction of sp³-hybridized carbons (Fsp3) is 1.00. The van der Waals surface area contributed by atoms with Crippen LogP contribution in [0, 0.1) is 52.3 Å². The minimum atomic E-state index is -1.74. The summed E-state index contributed by atoms with van der Waals surface area (Å²) in [5.74, 6) is 0.245. The first kappa shape index (κ1) is 39.7. The van der Waals surface area contributed by atoms with Crippen LogP contribution < -0.4 is 0 Å². The van der Waals surface area contributed by atoms with Gasteiger partial charge in [0.15, 0.2) is 18.4 Å². The maximum Gasteiger partial charge on any atom is 0.187 e. The Bertz CT molecular complexity index is 1260. The molecule has 7 unspecified atom stereocenters. The third-order valence-electron chi connectivity index (χ3n) is 15.3. The van der Waals surface area contributed by atoms with Crippen molar-refractivity contribution in [2.45, 2.75) is 171 Å². The van der Waals surface area contributed by atoms with Crippen molar-refractivity contribution in [3.63, 3.8) is 0 Å². The molecule has 9 N–H and O–H groups in total. The highest BCUT2D eigenvalue weighted by Gasteiger charge is 2.71. The molecule has 4 saturated carbocycles. The third-order valence-corrected chi connectivity index (χ3v) is 15.3. The van der Waals surface area contributed by atoms with Crippen LogP contribution in [0.25, 0.3) is 0 Å². The average molecular weight is 745 g/mol. The molecule has 3 saturated heterocycles. The number of hydrogen-bond donors (Lipinski definition) is 9. The Balaban J connectivity index is 1.05. The minimum Gasteiger partial charge on any atom is -0.394 e. The predicted octanol–water partition coefficient (Wildman–Crippen LogP) is 0.00490. The minimum absolute atomic E-state index is 0.00930. The zero-order chi connectivity index (χ0) is 37.7. The van der Waals surface area contributed by atoms with E-state index < -0.39 is 86.5 Å². The lowest BCUT2D eigenvalue weighted by Gasteiger charge is -2.61. The van der Waals surface area contributed by atoms with Crippen LogP contribution in [0.4, 0.5) is 0 Å². The molecule has 7 fully saturated rings. The first-order valence-electron chi connectivity index (χ1n) is 19.8. The van der Waals surface area contributed by atoms with E-state index in [9.17, 15) is 46.0 Å². The molecule has 300 valence electrons. The maximum absolute atomic E-state index is 12.0. The van der Waals surface area contributed by atoms with E-state index >= 15 is 0 Å². The van der Waals surface area contributed by atoms with Crippen LogP contribution in [-0.4, -0.2) is 145 Å². The summed E-state index contributed by atoms with van der Waals surface area (Å²) >= 11 is 0. The zero-order valence-corrected chi connectivity index (χ0v) is 31.2. The van der Waals surface area contributed by atoms with Crippen molar-refractivity contribution in [1.82, 2.24) is 0 Å². The molecule has 7 rings (SSSR count). The molecule has 7 aliphatic rings. The van der Waals surface area contributed by atoms with Gasteiger partial charge in [-0.3, -0.25) is 0 Å². The van der Waals surface area contributed by atoms with Gasteiger partial charge in [0.05, 0.1) is 31.5 Å². The fourth-order valence-corrected chi connectivity index (χ4v) is 12.7. The highest BCUT2D eigenvalue weighted by atomic mass is 16.8. The summed E-state index contributed by atoms with van der Waals surface area (Å²) < 4.78 is 30.3. The Morgan fingerprint density at radius 3 is 2.00 bits per heavy atom. The molecule has 14 heteroatoms. The van der Waals surface area contributed by atoms with E-state index in [-0.39, 0.29) is 46.7 Å². The number of hydrogen-bond acceptors (Lipinski definition) is 14. The quantitative estimate of drug-likeness (QED) is 0.149. The summed E-state index contributed by atoms with van der Waals surface area (Å²) in [6.45, 7) is 9.75. The van der Waals surface area contributed by atoms with E-state index in [0.717, 1.165) is 32.1 Å². The first-order valence-corrected chi connectivity index (χ1v) is 19.8. The monoisotopic (exact) mass is 744 g/mol. The molecule has 0 aromatic rings. The molecule has 0 radical (unpaired) electrons. The Morgan fingerprint density at radius 2 is 1.35 bits per heavy atom. The second kappa shape index (κ2) is 14.4. The number of fused-ring (bicyclic) bond motifs is 7. The van der Waals surface area contributed by atoms with Crippen molar-refractivity contribution >= 4 is 0 Å². The van der Waals surface area contributed by atoms with Crippen LogP contribution >= 0.6 is 0 Å². The second-order valence-corrected chi connectivity index (χ2v) is 18.5. The van der Waals surface area contributed by atoms with Crippen molar-refractivity contribution < 1.29 is 69.6 Å². The van der Waals surface area contributed by atoms with Gasteiger partial charge in [-0.15, -0.1) is 0 Å². The number of ether oxygens (including phenoxy) is 5. The Kier molecular flexibility index (Phi) is 11.0. The molecule has 0 amide bonds. The van der Waals surface area contributed by atoms with Crippen LogP contribution in [0.1, 0.15) is 86.0 Å². The van der Waals surface area contributed by atoms with E-state index in [0.29, 0.717) is 37.0 Å². The van der Waals surface area contributed by atoms with Crippen LogP contribution in [0.2, 0.25) is 0 Å². The van der Waals surface area contributed by atoms with E-state index in [1.165, 1.54) is 0 Å². The number of aliphatic hydroxyl groups is 9. The lowest BCUT2D eigenvalue weighted by atomic mass is 9.44. The van der Waals surface area contributed by atoms with Gasteiger partial charge in [0.25, 0.3) is 0 Å². The zero-order valence-electron chi connectivity index (χ0n) is 31.2. The van der Waals surface area contributed by atoms with Crippen molar-refractivity contribution in [2.24, 2.45) is 52.3 Å². The predicted molar refractivity (Wildman–Crippen MR) is 182 cm³/mol. The summed E-state index contributed by atoms with van der Waals surface area (Å²) in [5.41, 5.74) is -0.117. The van der Waals surface area contributed by atoms with E-state index in [1.807, 2.05) is 0 Å². The van der Waals surface area contributed by atoms with Crippen molar-refractivity contribution in [2.75, 3.05) is 13.2 Å². The lowest BCUT2D eigenvalue weighted by Crippen LogP contribution is -2.65. The molecule has 3 aliphatic heterocycles. The maximum atomic E-state index is 12.0.